The molecule has 0 rings (SSSR count). The molecule has 3 unspecified atom stereocenters. The molecule has 1 N–H and O–H groups in total. The van der Waals surface area contributed by atoms with E-state index >= 15 is 0 Å². The molecule has 0 saturated heterocycles. The van der Waals surface area contributed by atoms with Gasteiger partial charge in [0.2, 0.25) is 0 Å². The van der Waals surface area contributed by atoms with Gasteiger partial charge in [-0.3, -0.25) is 4.79 Å². The SMILES string of the molecule is CCCCOCCOC(=O)C(C)OC(=O)CC(O)C(=O)OC(C)C(=O)OCCOCCCC. The fourth-order valence-corrected chi connectivity index (χ4v) is 2.17. The van der Waals surface area contributed by atoms with E-state index in [2.05, 4.69) is 0 Å². The lowest BCUT2D eigenvalue weighted by Crippen LogP contribution is -2.35. The molecule has 3 atom stereocenters. The van der Waals surface area contributed by atoms with Gasteiger partial charge in [-0.15, -0.1) is 0 Å². The fourth-order valence-electron chi connectivity index (χ4n) is 2.17. The summed E-state index contributed by atoms with van der Waals surface area (Å²) in [7, 11) is 0. The lowest BCUT2D eigenvalue weighted by Gasteiger charge is -2.16. The molecular weight excluding hydrogens is 440 g/mol. The van der Waals surface area contributed by atoms with Crippen molar-refractivity contribution in [1.82, 2.24) is 0 Å². The van der Waals surface area contributed by atoms with Crippen molar-refractivity contribution in [3.05, 3.63) is 0 Å². The van der Waals surface area contributed by atoms with Crippen molar-refractivity contribution in [2.75, 3.05) is 39.6 Å². The van der Waals surface area contributed by atoms with Crippen molar-refractivity contribution < 1.29 is 52.7 Å². The van der Waals surface area contributed by atoms with Crippen molar-refractivity contribution in [1.29, 1.82) is 0 Å². The Balaban J connectivity index is 4.14. The van der Waals surface area contributed by atoms with Crippen LogP contribution in [0.25, 0.3) is 0 Å². The summed E-state index contributed by atoms with van der Waals surface area (Å²) in [5.41, 5.74) is 0. The Morgan fingerprint density at radius 1 is 0.667 bits per heavy atom. The summed E-state index contributed by atoms with van der Waals surface area (Å²) in [6.45, 7) is 8.20. The lowest BCUT2D eigenvalue weighted by molar-refractivity contribution is -0.176. The second kappa shape index (κ2) is 19.2. The smallest absolute Gasteiger partial charge is 0.347 e. The lowest BCUT2D eigenvalue weighted by atomic mass is 10.2. The first-order valence-corrected chi connectivity index (χ1v) is 11.3. The highest BCUT2D eigenvalue weighted by atomic mass is 16.6. The van der Waals surface area contributed by atoms with Gasteiger partial charge in [-0.05, 0) is 26.7 Å². The van der Waals surface area contributed by atoms with Crippen LogP contribution in [0.15, 0.2) is 0 Å². The first kappa shape index (κ1) is 30.8. The minimum atomic E-state index is -1.87. The molecule has 192 valence electrons. The van der Waals surface area contributed by atoms with E-state index in [1.165, 1.54) is 13.8 Å². The van der Waals surface area contributed by atoms with E-state index in [1.54, 1.807) is 0 Å². The molecule has 0 heterocycles. The van der Waals surface area contributed by atoms with Crippen molar-refractivity contribution in [3.8, 4) is 0 Å². The number of aliphatic hydroxyl groups excluding tert-OH is 1. The molecule has 11 heteroatoms. The Kier molecular flexibility index (Phi) is 17.9. The zero-order valence-electron chi connectivity index (χ0n) is 20.0. The Morgan fingerprint density at radius 2 is 1.12 bits per heavy atom. The van der Waals surface area contributed by atoms with Crippen LogP contribution in [0.2, 0.25) is 0 Å². The van der Waals surface area contributed by atoms with E-state index in [4.69, 9.17) is 28.4 Å². The third kappa shape index (κ3) is 16.1. The molecule has 11 nitrogen and oxygen atoms in total. The first-order chi connectivity index (χ1) is 15.7. The van der Waals surface area contributed by atoms with Gasteiger partial charge in [-0.1, -0.05) is 26.7 Å². The fraction of sp³-hybridized carbons (Fsp3) is 0.818. The van der Waals surface area contributed by atoms with Crippen LogP contribution in [-0.4, -0.2) is 86.9 Å². The topological polar surface area (TPSA) is 144 Å². The van der Waals surface area contributed by atoms with Gasteiger partial charge in [0, 0.05) is 13.2 Å². The van der Waals surface area contributed by atoms with Crippen LogP contribution in [0.1, 0.15) is 59.8 Å². The number of esters is 4. The highest BCUT2D eigenvalue weighted by Gasteiger charge is 2.28. The minimum absolute atomic E-state index is 0.00181. The number of hydrogen-bond donors (Lipinski definition) is 1. The van der Waals surface area contributed by atoms with Gasteiger partial charge < -0.3 is 33.5 Å². The summed E-state index contributed by atoms with van der Waals surface area (Å²) in [6.07, 6.45) is -1.37. The molecule has 0 aliphatic carbocycles. The number of carbonyl (C=O) groups is 4. The van der Waals surface area contributed by atoms with E-state index in [-0.39, 0.29) is 26.4 Å². The molecule has 0 aromatic carbocycles. The summed E-state index contributed by atoms with van der Waals surface area (Å²) < 4.78 is 30.0. The number of hydrogen-bond acceptors (Lipinski definition) is 11. The zero-order valence-corrected chi connectivity index (χ0v) is 20.0. The van der Waals surface area contributed by atoms with E-state index in [0.717, 1.165) is 25.7 Å². The Morgan fingerprint density at radius 3 is 1.58 bits per heavy atom. The average molecular weight is 479 g/mol. The molecule has 0 aromatic heterocycles. The van der Waals surface area contributed by atoms with Gasteiger partial charge in [0.1, 0.15) is 13.2 Å². The maximum atomic E-state index is 11.9. The summed E-state index contributed by atoms with van der Waals surface area (Å²) in [6, 6.07) is 0. The number of aliphatic hydroxyl groups is 1. The van der Waals surface area contributed by atoms with Crippen molar-refractivity contribution in [3.63, 3.8) is 0 Å². The molecular formula is C22H38O11. The second-order valence-electron chi connectivity index (χ2n) is 7.20. The Bertz CT molecular complexity index is 579. The van der Waals surface area contributed by atoms with Crippen LogP contribution in [0.3, 0.4) is 0 Å². The predicted molar refractivity (Wildman–Crippen MR) is 115 cm³/mol. The summed E-state index contributed by atoms with van der Waals surface area (Å²) in [5.74, 6) is -3.81. The van der Waals surface area contributed by atoms with Gasteiger partial charge in [0.05, 0.1) is 19.6 Å². The maximum absolute atomic E-state index is 11.9. The first-order valence-electron chi connectivity index (χ1n) is 11.3. The molecule has 0 saturated carbocycles. The molecule has 0 fully saturated rings. The molecule has 0 amide bonds. The van der Waals surface area contributed by atoms with Crippen molar-refractivity contribution in [2.45, 2.75) is 78.1 Å². The molecule has 0 radical (unpaired) electrons. The number of rotatable bonds is 19. The van der Waals surface area contributed by atoms with Crippen LogP contribution in [0.4, 0.5) is 0 Å². The van der Waals surface area contributed by atoms with Crippen LogP contribution < -0.4 is 0 Å². The van der Waals surface area contributed by atoms with E-state index < -0.39 is 48.6 Å². The molecule has 33 heavy (non-hydrogen) atoms. The van der Waals surface area contributed by atoms with E-state index in [0.29, 0.717) is 13.2 Å². The van der Waals surface area contributed by atoms with Gasteiger partial charge >= 0.3 is 23.9 Å². The quantitative estimate of drug-likeness (QED) is 0.163. The van der Waals surface area contributed by atoms with Crippen LogP contribution in [-0.2, 0) is 47.6 Å². The molecule has 0 aliphatic rings. The largest absolute Gasteiger partial charge is 0.461 e. The number of unbranched alkanes of at least 4 members (excludes halogenated alkanes) is 2. The Labute approximate surface area is 195 Å². The maximum Gasteiger partial charge on any atom is 0.347 e. The zero-order chi connectivity index (χ0) is 25.1. The summed E-state index contributed by atoms with van der Waals surface area (Å²) >= 11 is 0. The van der Waals surface area contributed by atoms with Crippen molar-refractivity contribution in [2.24, 2.45) is 0 Å². The van der Waals surface area contributed by atoms with E-state index in [9.17, 15) is 24.3 Å². The summed E-state index contributed by atoms with van der Waals surface area (Å²) in [5, 5.41) is 9.83. The van der Waals surface area contributed by atoms with Gasteiger partial charge in [-0.2, -0.15) is 0 Å². The van der Waals surface area contributed by atoms with E-state index in [1.807, 2.05) is 13.8 Å². The summed E-state index contributed by atoms with van der Waals surface area (Å²) in [4.78, 5) is 47.4. The van der Waals surface area contributed by atoms with Gasteiger partial charge in [0.15, 0.2) is 18.3 Å². The van der Waals surface area contributed by atoms with Crippen LogP contribution in [0, 0.1) is 0 Å². The van der Waals surface area contributed by atoms with Crippen LogP contribution in [0.5, 0.6) is 0 Å². The third-order valence-electron chi connectivity index (χ3n) is 4.13. The molecule has 0 bridgehead atoms. The highest BCUT2D eigenvalue weighted by Crippen LogP contribution is 2.05. The predicted octanol–water partition coefficient (Wildman–Crippen LogP) is 1.32. The van der Waals surface area contributed by atoms with Gasteiger partial charge in [0.25, 0.3) is 0 Å². The second-order valence-corrected chi connectivity index (χ2v) is 7.20. The molecule has 0 spiro atoms. The van der Waals surface area contributed by atoms with Crippen molar-refractivity contribution >= 4 is 23.9 Å². The highest BCUT2D eigenvalue weighted by molar-refractivity contribution is 5.85. The normalized spacial score (nSPS) is 13.5. The number of carbonyl (C=O) groups excluding carboxylic acids is 4. The average Bonchev–Trinajstić information content (AvgIpc) is 2.77. The van der Waals surface area contributed by atoms with Crippen LogP contribution >= 0.6 is 0 Å². The standard InChI is InChI=1S/C22H38O11/c1-5-7-9-28-11-13-30-20(25)16(3)32-19(24)15-18(23)22(27)33-17(4)21(26)31-14-12-29-10-8-6-2/h16-18,23H,5-15H2,1-4H3. The molecule has 0 aliphatic heterocycles. The minimum Gasteiger partial charge on any atom is -0.461 e. The molecule has 0 aromatic rings. The van der Waals surface area contributed by atoms with Gasteiger partial charge in [-0.25, -0.2) is 14.4 Å². The third-order valence-corrected chi connectivity index (χ3v) is 4.13. The Hall–Kier alpha value is -2.24. The monoisotopic (exact) mass is 478 g/mol. The number of ether oxygens (including phenoxy) is 6.